The van der Waals surface area contributed by atoms with Crippen LogP contribution in [-0.4, -0.2) is 136 Å². The van der Waals surface area contributed by atoms with Gasteiger partial charge >= 0.3 is 0 Å². The Balaban J connectivity index is 2.33. The molecular weight excluding hydrogens is 688 g/mol. The van der Waals surface area contributed by atoms with Crippen molar-refractivity contribution >= 4 is 23.6 Å². The van der Waals surface area contributed by atoms with Gasteiger partial charge in [0.05, 0.1) is 48.8 Å². The fraction of sp³-hybridized carbons (Fsp3) is 0.756. The van der Waals surface area contributed by atoms with Gasteiger partial charge in [0.2, 0.25) is 23.6 Å². The summed E-state index contributed by atoms with van der Waals surface area (Å²) in [5.41, 5.74) is 7.40. The lowest BCUT2D eigenvalue weighted by Crippen LogP contribution is -2.59. The molecule has 0 bridgehead atoms. The van der Waals surface area contributed by atoms with Gasteiger partial charge in [-0.3, -0.25) is 24.1 Å². The van der Waals surface area contributed by atoms with Crippen molar-refractivity contribution in [3.8, 4) is 0 Å². The number of likely N-dealkylation sites (N-methyl/N-ethyl adjacent to an activating group) is 2. The smallest absolute Gasteiger partial charge is 0.245 e. The number of hydrogen-bond acceptors (Lipinski definition) is 9. The van der Waals surface area contributed by atoms with Crippen LogP contribution in [-0.2, 0) is 33.4 Å². The number of ether oxygens (including phenoxy) is 3. The van der Waals surface area contributed by atoms with Crippen LogP contribution in [0.1, 0.15) is 86.3 Å². The fourth-order valence-corrected chi connectivity index (χ4v) is 7.97. The first-order chi connectivity index (χ1) is 25.4. The molecular formula is C41H72N6O7. The summed E-state index contributed by atoms with van der Waals surface area (Å²) in [4.78, 5) is 61.0. The van der Waals surface area contributed by atoms with Gasteiger partial charge in [0.15, 0.2) is 0 Å². The van der Waals surface area contributed by atoms with Gasteiger partial charge in [-0.25, -0.2) is 0 Å². The molecule has 1 aromatic rings. The van der Waals surface area contributed by atoms with E-state index in [4.69, 9.17) is 19.9 Å². The standard InChI is InChI=1S/C41H72N6O7/c1-15-26(6)37(46(11)41(51)35(24(2)3)44-40(50)36(25(4)5)45(9)10)32(53-13)22-33(48)47-23-30(52-12)21-31(47)38(54-14)27(7)39(49)43-28(8)34(42)29-19-17-16-18-20-29/h16-20,24-28,30-32,34-38H,15,21-23,42H2,1-14H3,(H,43,49)(H,44,50)/t26?,27-,28+,30-,31+,32-,34?,35+,36+,37+,38-/m1/s1. The number of rotatable bonds is 21. The average Bonchev–Trinajstić information content (AvgIpc) is 3.57. The van der Waals surface area contributed by atoms with E-state index in [2.05, 4.69) is 10.6 Å². The molecule has 1 heterocycles. The number of benzene rings is 1. The molecule has 1 aliphatic rings. The van der Waals surface area contributed by atoms with Gasteiger partial charge in [-0.05, 0) is 50.8 Å². The highest BCUT2D eigenvalue weighted by molar-refractivity contribution is 5.90. The lowest BCUT2D eigenvalue weighted by Gasteiger charge is -2.41. The molecule has 0 spiro atoms. The van der Waals surface area contributed by atoms with Crippen LogP contribution in [0.5, 0.6) is 0 Å². The predicted molar refractivity (Wildman–Crippen MR) is 212 cm³/mol. The Morgan fingerprint density at radius 1 is 0.889 bits per heavy atom. The van der Waals surface area contributed by atoms with Crippen molar-refractivity contribution in [3.63, 3.8) is 0 Å². The van der Waals surface area contributed by atoms with E-state index in [1.165, 1.54) is 0 Å². The number of methoxy groups -OCH3 is 3. The molecule has 1 fully saturated rings. The van der Waals surface area contributed by atoms with Crippen LogP contribution >= 0.6 is 0 Å². The Kier molecular flexibility index (Phi) is 19.0. The molecule has 0 saturated carbocycles. The van der Waals surface area contributed by atoms with Gasteiger partial charge in [-0.15, -0.1) is 0 Å². The summed E-state index contributed by atoms with van der Waals surface area (Å²) in [6.07, 6.45) is -0.322. The summed E-state index contributed by atoms with van der Waals surface area (Å²) in [6.45, 7) is 15.9. The topological polar surface area (TPSA) is 156 Å². The van der Waals surface area contributed by atoms with E-state index < -0.39 is 48.3 Å². The first-order valence-electron chi connectivity index (χ1n) is 19.6. The van der Waals surface area contributed by atoms with Crippen LogP contribution in [0, 0.1) is 23.7 Å². The molecule has 0 radical (unpaired) electrons. The van der Waals surface area contributed by atoms with Crippen LogP contribution in [0.25, 0.3) is 0 Å². The molecule has 1 saturated heterocycles. The Labute approximate surface area is 325 Å². The molecule has 4 amide bonds. The second-order valence-corrected chi connectivity index (χ2v) is 16.1. The summed E-state index contributed by atoms with van der Waals surface area (Å²) in [5, 5.41) is 6.11. The maximum absolute atomic E-state index is 14.4. The summed E-state index contributed by atoms with van der Waals surface area (Å²) in [6, 6.07) is 6.78. The first-order valence-corrected chi connectivity index (χ1v) is 19.6. The molecule has 4 N–H and O–H groups in total. The molecule has 13 nitrogen and oxygen atoms in total. The first kappa shape index (κ1) is 47.1. The van der Waals surface area contributed by atoms with E-state index in [1.54, 1.807) is 45.1 Å². The zero-order valence-electron chi connectivity index (χ0n) is 35.5. The second-order valence-electron chi connectivity index (χ2n) is 16.1. The molecule has 0 aromatic heterocycles. The Morgan fingerprint density at radius 3 is 1.98 bits per heavy atom. The van der Waals surface area contributed by atoms with Crippen molar-refractivity contribution in [2.24, 2.45) is 29.4 Å². The van der Waals surface area contributed by atoms with E-state index in [0.717, 1.165) is 12.0 Å². The Bertz CT molecular complexity index is 1320. The van der Waals surface area contributed by atoms with E-state index in [1.807, 2.05) is 97.8 Å². The van der Waals surface area contributed by atoms with Crippen molar-refractivity contribution in [2.75, 3.05) is 49.0 Å². The van der Waals surface area contributed by atoms with E-state index >= 15 is 0 Å². The van der Waals surface area contributed by atoms with E-state index in [0.29, 0.717) is 13.0 Å². The monoisotopic (exact) mass is 761 g/mol. The third-order valence-electron chi connectivity index (χ3n) is 11.4. The van der Waals surface area contributed by atoms with E-state index in [9.17, 15) is 19.2 Å². The lowest BCUT2D eigenvalue weighted by atomic mass is 9.89. The summed E-state index contributed by atoms with van der Waals surface area (Å²) >= 11 is 0. The lowest BCUT2D eigenvalue weighted by molar-refractivity contribution is -0.148. The molecule has 0 aliphatic carbocycles. The average molecular weight is 761 g/mol. The number of amides is 4. The van der Waals surface area contributed by atoms with Crippen molar-refractivity contribution < 1.29 is 33.4 Å². The zero-order valence-corrected chi connectivity index (χ0v) is 35.5. The number of carbonyl (C=O) groups is 4. The highest BCUT2D eigenvalue weighted by Crippen LogP contribution is 2.31. The van der Waals surface area contributed by atoms with Gasteiger partial charge in [0.25, 0.3) is 0 Å². The number of nitrogens with one attached hydrogen (secondary N) is 2. The SMILES string of the molecule is CCC(C)[C@@H]([C@@H](CC(=O)N1C[C@H](OC)C[C@H]1[C@H](OC)[C@@H](C)C(=O)N[C@@H](C)C(N)c1ccccc1)OC)N(C)C(=O)[C@@H](NC(=O)[C@H](C(C)C)N(C)C)C(C)C. The highest BCUT2D eigenvalue weighted by Gasteiger charge is 2.46. The van der Waals surface area contributed by atoms with Crippen LogP contribution < -0.4 is 16.4 Å². The highest BCUT2D eigenvalue weighted by atomic mass is 16.5. The molecule has 1 aromatic carbocycles. The maximum Gasteiger partial charge on any atom is 0.245 e. The molecule has 11 atom stereocenters. The fourth-order valence-electron chi connectivity index (χ4n) is 7.97. The zero-order chi connectivity index (χ0) is 41.0. The van der Waals surface area contributed by atoms with Gasteiger partial charge in [0, 0.05) is 47.0 Å². The normalized spacial score (nSPS) is 21.2. The van der Waals surface area contributed by atoms with Crippen LogP contribution in [0.3, 0.4) is 0 Å². The third-order valence-corrected chi connectivity index (χ3v) is 11.4. The van der Waals surface area contributed by atoms with Crippen LogP contribution in [0.4, 0.5) is 0 Å². The quantitative estimate of drug-likeness (QED) is 0.171. The van der Waals surface area contributed by atoms with Crippen LogP contribution in [0.15, 0.2) is 30.3 Å². The maximum atomic E-state index is 14.4. The van der Waals surface area contributed by atoms with Crippen molar-refractivity contribution in [1.82, 2.24) is 25.3 Å². The Morgan fingerprint density at radius 2 is 1.50 bits per heavy atom. The number of nitrogens with two attached hydrogens (primary N) is 1. The van der Waals surface area contributed by atoms with Crippen molar-refractivity contribution in [2.45, 2.75) is 129 Å². The number of hydrogen-bond donors (Lipinski definition) is 3. The number of likely N-dealkylation sites (tertiary alicyclic amines) is 1. The van der Waals surface area contributed by atoms with Crippen molar-refractivity contribution in [3.05, 3.63) is 35.9 Å². The number of carbonyl (C=O) groups excluding carboxylic acids is 4. The third kappa shape index (κ3) is 11.9. The molecule has 2 unspecified atom stereocenters. The number of nitrogens with zero attached hydrogens (tertiary/aromatic N) is 3. The van der Waals surface area contributed by atoms with Crippen molar-refractivity contribution in [1.29, 1.82) is 0 Å². The molecule has 2 rings (SSSR count). The largest absolute Gasteiger partial charge is 0.380 e. The van der Waals surface area contributed by atoms with Gasteiger partial charge in [-0.2, -0.15) is 0 Å². The molecule has 308 valence electrons. The van der Waals surface area contributed by atoms with E-state index in [-0.39, 0.29) is 59.9 Å². The molecule has 54 heavy (non-hydrogen) atoms. The van der Waals surface area contributed by atoms with Crippen LogP contribution in [0.2, 0.25) is 0 Å². The summed E-state index contributed by atoms with van der Waals surface area (Å²) in [5.74, 6) is -1.64. The Hall–Kier alpha value is -3.10. The minimum absolute atomic E-state index is 0.00913. The second kappa shape index (κ2) is 21.8. The molecule has 13 heteroatoms. The molecule has 1 aliphatic heterocycles. The summed E-state index contributed by atoms with van der Waals surface area (Å²) in [7, 11) is 10.2. The van der Waals surface area contributed by atoms with Gasteiger partial charge in [0.1, 0.15) is 6.04 Å². The minimum Gasteiger partial charge on any atom is -0.380 e. The van der Waals surface area contributed by atoms with Gasteiger partial charge in [-0.1, -0.05) is 85.2 Å². The van der Waals surface area contributed by atoms with Gasteiger partial charge < -0.3 is 40.4 Å². The minimum atomic E-state index is -0.769. The predicted octanol–water partition coefficient (Wildman–Crippen LogP) is 3.46. The summed E-state index contributed by atoms with van der Waals surface area (Å²) < 4.78 is 17.8.